The van der Waals surface area contributed by atoms with E-state index in [9.17, 15) is 18.8 Å². The fraction of sp³-hybridized carbons (Fsp3) is 0.211. The standard InChI is InChI=1S/C19H19FN4O4/c1-11-18(26)24-15-8-14(6-7-16(15)28-11)23-17(25)10-22-19(27)21-9-12-2-4-13(20)5-3-12/h2-8,11H,9-10H2,1H3,(H,23,25)(H,24,26)(H2,21,22,27). The van der Waals surface area contributed by atoms with Gasteiger partial charge in [0, 0.05) is 12.2 Å². The highest BCUT2D eigenvalue weighted by Gasteiger charge is 2.23. The van der Waals surface area contributed by atoms with Gasteiger partial charge in [0.15, 0.2) is 6.10 Å². The summed E-state index contributed by atoms with van der Waals surface area (Å²) < 4.78 is 18.3. The number of benzene rings is 2. The van der Waals surface area contributed by atoms with Crippen molar-refractivity contribution in [1.29, 1.82) is 0 Å². The summed E-state index contributed by atoms with van der Waals surface area (Å²) in [5.41, 5.74) is 1.65. The van der Waals surface area contributed by atoms with Crippen LogP contribution in [0, 0.1) is 5.82 Å². The van der Waals surface area contributed by atoms with Crippen LogP contribution in [0.5, 0.6) is 5.75 Å². The van der Waals surface area contributed by atoms with Gasteiger partial charge in [-0.05, 0) is 42.8 Å². The first-order valence-electron chi connectivity index (χ1n) is 8.58. The number of anilines is 2. The van der Waals surface area contributed by atoms with E-state index in [1.165, 1.54) is 12.1 Å². The van der Waals surface area contributed by atoms with Gasteiger partial charge in [0.2, 0.25) is 5.91 Å². The van der Waals surface area contributed by atoms with Crippen molar-refractivity contribution in [2.24, 2.45) is 0 Å². The van der Waals surface area contributed by atoms with Crippen LogP contribution >= 0.6 is 0 Å². The zero-order chi connectivity index (χ0) is 20.1. The van der Waals surface area contributed by atoms with Gasteiger partial charge < -0.3 is 26.0 Å². The summed E-state index contributed by atoms with van der Waals surface area (Å²) in [6.45, 7) is 1.60. The molecule has 0 aliphatic carbocycles. The molecule has 1 aliphatic rings. The topological polar surface area (TPSA) is 109 Å². The van der Waals surface area contributed by atoms with E-state index in [4.69, 9.17) is 4.74 Å². The van der Waals surface area contributed by atoms with Gasteiger partial charge in [-0.15, -0.1) is 0 Å². The van der Waals surface area contributed by atoms with Gasteiger partial charge in [-0.1, -0.05) is 12.1 Å². The number of rotatable bonds is 5. The van der Waals surface area contributed by atoms with Crippen molar-refractivity contribution in [3.63, 3.8) is 0 Å². The molecular formula is C19H19FN4O4. The van der Waals surface area contributed by atoms with E-state index < -0.39 is 18.0 Å². The van der Waals surface area contributed by atoms with Crippen molar-refractivity contribution in [3.05, 3.63) is 53.8 Å². The van der Waals surface area contributed by atoms with Crippen LogP contribution in [0.2, 0.25) is 0 Å². The molecule has 4 amide bonds. The van der Waals surface area contributed by atoms with Crippen molar-refractivity contribution in [2.75, 3.05) is 17.2 Å². The lowest BCUT2D eigenvalue weighted by molar-refractivity contribution is -0.122. The highest BCUT2D eigenvalue weighted by atomic mass is 19.1. The van der Waals surface area contributed by atoms with E-state index in [0.29, 0.717) is 17.1 Å². The van der Waals surface area contributed by atoms with Crippen molar-refractivity contribution >= 4 is 29.2 Å². The predicted molar refractivity (Wildman–Crippen MR) is 100 cm³/mol. The largest absolute Gasteiger partial charge is 0.479 e. The molecule has 1 aliphatic heterocycles. The molecule has 28 heavy (non-hydrogen) atoms. The number of amides is 4. The zero-order valence-electron chi connectivity index (χ0n) is 15.0. The maximum atomic E-state index is 12.8. The monoisotopic (exact) mass is 386 g/mol. The van der Waals surface area contributed by atoms with Crippen LogP contribution < -0.4 is 26.0 Å². The number of halogens is 1. The second kappa shape index (κ2) is 8.38. The number of hydrogen-bond acceptors (Lipinski definition) is 4. The van der Waals surface area contributed by atoms with Gasteiger partial charge in [0.1, 0.15) is 11.6 Å². The van der Waals surface area contributed by atoms with E-state index in [0.717, 1.165) is 5.56 Å². The third-order valence-corrected chi connectivity index (χ3v) is 3.97. The summed E-state index contributed by atoms with van der Waals surface area (Å²) in [4.78, 5) is 35.4. The van der Waals surface area contributed by atoms with Gasteiger partial charge in [-0.25, -0.2) is 9.18 Å². The Bertz CT molecular complexity index is 901. The third-order valence-electron chi connectivity index (χ3n) is 3.97. The second-order valence-electron chi connectivity index (χ2n) is 6.17. The van der Waals surface area contributed by atoms with E-state index >= 15 is 0 Å². The maximum absolute atomic E-state index is 12.8. The normalized spacial score (nSPS) is 14.9. The number of urea groups is 1. The van der Waals surface area contributed by atoms with E-state index in [1.54, 1.807) is 37.3 Å². The average Bonchev–Trinajstić information content (AvgIpc) is 2.67. The number of carbonyl (C=O) groups excluding carboxylic acids is 3. The van der Waals surface area contributed by atoms with Crippen LogP contribution in [0.1, 0.15) is 12.5 Å². The molecule has 2 aromatic rings. The number of fused-ring (bicyclic) bond motifs is 1. The number of nitrogens with one attached hydrogen (secondary N) is 4. The summed E-state index contributed by atoms with van der Waals surface area (Å²) >= 11 is 0. The highest BCUT2D eigenvalue weighted by molar-refractivity contribution is 5.99. The van der Waals surface area contributed by atoms with Crippen LogP contribution in [-0.2, 0) is 16.1 Å². The second-order valence-corrected chi connectivity index (χ2v) is 6.17. The van der Waals surface area contributed by atoms with Crippen molar-refractivity contribution in [2.45, 2.75) is 19.6 Å². The van der Waals surface area contributed by atoms with Gasteiger partial charge >= 0.3 is 6.03 Å². The Hall–Kier alpha value is -3.62. The van der Waals surface area contributed by atoms with Crippen LogP contribution in [0.3, 0.4) is 0 Å². The molecule has 3 rings (SSSR count). The molecule has 0 fully saturated rings. The lowest BCUT2D eigenvalue weighted by atomic mass is 10.2. The van der Waals surface area contributed by atoms with E-state index in [1.807, 2.05) is 0 Å². The molecule has 1 atom stereocenters. The zero-order valence-corrected chi connectivity index (χ0v) is 15.0. The Morgan fingerprint density at radius 3 is 2.64 bits per heavy atom. The van der Waals surface area contributed by atoms with Crippen molar-refractivity contribution in [1.82, 2.24) is 10.6 Å². The van der Waals surface area contributed by atoms with Gasteiger partial charge in [0.05, 0.1) is 12.2 Å². The molecule has 1 heterocycles. The first-order chi connectivity index (χ1) is 13.4. The van der Waals surface area contributed by atoms with E-state index in [2.05, 4.69) is 21.3 Å². The molecule has 0 aromatic heterocycles. The maximum Gasteiger partial charge on any atom is 0.315 e. The molecule has 4 N–H and O–H groups in total. The Labute approximate surface area is 160 Å². The minimum atomic E-state index is -0.578. The van der Waals surface area contributed by atoms with Crippen LogP contribution in [0.4, 0.5) is 20.6 Å². The molecule has 0 saturated carbocycles. The molecule has 146 valence electrons. The van der Waals surface area contributed by atoms with Gasteiger partial charge in [-0.3, -0.25) is 9.59 Å². The number of carbonyl (C=O) groups is 3. The smallest absolute Gasteiger partial charge is 0.315 e. The molecule has 8 nitrogen and oxygen atoms in total. The Kier molecular flexibility index (Phi) is 5.73. The van der Waals surface area contributed by atoms with E-state index in [-0.39, 0.29) is 24.8 Å². The minimum absolute atomic E-state index is 0.205. The van der Waals surface area contributed by atoms with Crippen LogP contribution in [-0.4, -0.2) is 30.5 Å². The predicted octanol–water partition coefficient (Wildman–Crippen LogP) is 1.98. The Balaban J connectivity index is 1.45. The Morgan fingerprint density at radius 2 is 1.89 bits per heavy atom. The van der Waals surface area contributed by atoms with Crippen molar-refractivity contribution in [3.8, 4) is 5.75 Å². The van der Waals surface area contributed by atoms with Gasteiger partial charge in [-0.2, -0.15) is 0 Å². The first kappa shape index (κ1) is 19.2. The van der Waals surface area contributed by atoms with Crippen molar-refractivity contribution < 1.29 is 23.5 Å². The summed E-state index contributed by atoms with van der Waals surface area (Å²) in [5, 5.41) is 10.3. The summed E-state index contributed by atoms with van der Waals surface area (Å²) in [6, 6.07) is 10.0. The Morgan fingerprint density at radius 1 is 1.14 bits per heavy atom. The first-order valence-corrected chi connectivity index (χ1v) is 8.58. The fourth-order valence-corrected chi connectivity index (χ4v) is 2.50. The molecule has 0 spiro atoms. The third kappa shape index (κ3) is 4.97. The number of hydrogen-bond donors (Lipinski definition) is 4. The van der Waals surface area contributed by atoms with Gasteiger partial charge in [0.25, 0.3) is 5.91 Å². The van der Waals surface area contributed by atoms with Crippen LogP contribution in [0.15, 0.2) is 42.5 Å². The molecular weight excluding hydrogens is 367 g/mol. The average molecular weight is 386 g/mol. The molecule has 1 unspecified atom stereocenters. The molecule has 0 bridgehead atoms. The lowest BCUT2D eigenvalue weighted by Gasteiger charge is -2.23. The minimum Gasteiger partial charge on any atom is -0.479 e. The summed E-state index contributed by atoms with van der Waals surface area (Å²) in [5.74, 6) is -0.542. The van der Waals surface area contributed by atoms with Crippen LogP contribution in [0.25, 0.3) is 0 Å². The fourth-order valence-electron chi connectivity index (χ4n) is 2.50. The lowest BCUT2D eigenvalue weighted by Crippen LogP contribution is -2.39. The number of ether oxygens (including phenoxy) is 1. The molecule has 2 aromatic carbocycles. The molecule has 9 heteroatoms. The quantitative estimate of drug-likeness (QED) is 0.630. The summed E-state index contributed by atoms with van der Waals surface area (Å²) in [6.07, 6.45) is -0.578. The summed E-state index contributed by atoms with van der Waals surface area (Å²) in [7, 11) is 0. The highest BCUT2D eigenvalue weighted by Crippen LogP contribution is 2.32. The SMILES string of the molecule is CC1Oc2ccc(NC(=O)CNC(=O)NCc3ccc(F)cc3)cc2NC1=O. The molecule has 0 radical (unpaired) electrons. The molecule has 0 saturated heterocycles.